The average molecular weight is 749 g/mol. The predicted molar refractivity (Wildman–Crippen MR) is 204 cm³/mol. The van der Waals surface area contributed by atoms with Gasteiger partial charge in [-0.15, -0.1) is 0 Å². The molecule has 2 amide bonds. The third-order valence-electron chi connectivity index (χ3n) is 8.60. The minimum Gasteiger partial charge on any atom is -0.460 e. The number of amides is 2. The third-order valence-corrected chi connectivity index (χ3v) is 8.60. The maximum absolute atomic E-state index is 13.3. The highest BCUT2D eigenvalue weighted by Crippen LogP contribution is 2.21. The van der Waals surface area contributed by atoms with Crippen molar-refractivity contribution >= 4 is 29.4 Å². The van der Waals surface area contributed by atoms with E-state index in [1.807, 2.05) is 38.1 Å². The number of nitrogens with zero attached hydrogens (tertiary/aromatic N) is 1. The second kappa shape index (κ2) is 25.0. The summed E-state index contributed by atoms with van der Waals surface area (Å²) < 4.78 is 26.7. The van der Waals surface area contributed by atoms with Crippen molar-refractivity contribution in [2.24, 2.45) is 22.7 Å². The van der Waals surface area contributed by atoms with Gasteiger partial charge in [-0.25, -0.2) is 0 Å². The first kappa shape index (κ1) is 47.8. The van der Waals surface area contributed by atoms with E-state index < -0.39 is 17.4 Å². The number of ketones is 2. The lowest BCUT2D eigenvalue weighted by atomic mass is 9.88. The number of carbonyl (C=O) groups is 5. The van der Waals surface area contributed by atoms with Crippen molar-refractivity contribution in [2.45, 2.75) is 107 Å². The minimum atomic E-state index is -0.745. The number of hydrogen-bond donors (Lipinski definition) is 1. The Labute approximate surface area is 318 Å². The molecule has 1 aromatic rings. The molecule has 1 aromatic carbocycles. The van der Waals surface area contributed by atoms with E-state index in [1.54, 1.807) is 39.7 Å². The van der Waals surface area contributed by atoms with Crippen LogP contribution in [0.3, 0.4) is 0 Å². The van der Waals surface area contributed by atoms with Crippen LogP contribution in [0.1, 0.15) is 99.1 Å². The molecule has 0 spiro atoms. The molecule has 0 saturated heterocycles. The molecule has 0 aliphatic carbocycles. The molecular weight excluding hydrogens is 680 g/mol. The fraction of sp³-hybridized carbons (Fsp3) is 0.732. The Bertz CT molecular complexity index is 1250. The summed E-state index contributed by atoms with van der Waals surface area (Å²) in [5.41, 5.74) is 1.01. The topological polar surface area (TPSA) is 147 Å². The number of ether oxygens (including phenoxy) is 5. The van der Waals surface area contributed by atoms with Gasteiger partial charge in [0.05, 0.1) is 64.1 Å². The van der Waals surface area contributed by atoms with E-state index >= 15 is 0 Å². The lowest BCUT2D eigenvalue weighted by Gasteiger charge is -2.27. The van der Waals surface area contributed by atoms with Gasteiger partial charge < -0.3 is 33.9 Å². The van der Waals surface area contributed by atoms with Crippen LogP contribution >= 0.6 is 0 Å². The lowest BCUT2D eigenvalue weighted by molar-refractivity contribution is -0.154. The fourth-order valence-electron chi connectivity index (χ4n) is 4.95. The molecule has 0 fully saturated rings. The third kappa shape index (κ3) is 21.9. The molecule has 0 bridgehead atoms. The summed E-state index contributed by atoms with van der Waals surface area (Å²) in [6.45, 7) is 21.0. The molecule has 12 heteroatoms. The molecule has 0 radical (unpaired) electrons. The number of methoxy groups -OCH3 is 1. The molecule has 2 atom stereocenters. The van der Waals surface area contributed by atoms with Crippen molar-refractivity contribution in [1.29, 1.82) is 0 Å². The van der Waals surface area contributed by atoms with Crippen LogP contribution in [0.2, 0.25) is 0 Å². The van der Waals surface area contributed by atoms with Crippen LogP contribution in [0.15, 0.2) is 24.3 Å². The van der Waals surface area contributed by atoms with Crippen molar-refractivity contribution in [1.82, 2.24) is 10.2 Å². The van der Waals surface area contributed by atoms with Gasteiger partial charge in [-0.05, 0) is 56.6 Å². The summed E-state index contributed by atoms with van der Waals surface area (Å²) in [6.07, 6.45) is 1.24. The maximum atomic E-state index is 13.3. The van der Waals surface area contributed by atoms with E-state index in [-0.39, 0.29) is 86.1 Å². The lowest BCUT2D eigenvalue weighted by Crippen LogP contribution is -2.44. The van der Waals surface area contributed by atoms with Crippen LogP contribution in [0, 0.1) is 22.7 Å². The number of hydrogen-bond acceptors (Lipinski definition) is 10. The van der Waals surface area contributed by atoms with Gasteiger partial charge in [-0.1, -0.05) is 58.9 Å². The van der Waals surface area contributed by atoms with Crippen molar-refractivity contribution in [3.8, 4) is 0 Å². The molecule has 53 heavy (non-hydrogen) atoms. The summed E-state index contributed by atoms with van der Waals surface area (Å²) in [4.78, 5) is 66.5. The smallest absolute Gasteiger partial charge is 0.311 e. The summed E-state index contributed by atoms with van der Waals surface area (Å²) in [5.74, 6) is -1.73. The van der Waals surface area contributed by atoms with Crippen LogP contribution < -0.4 is 5.32 Å². The van der Waals surface area contributed by atoms with Gasteiger partial charge in [0.2, 0.25) is 11.8 Å². The fourth-order valence-corrected chi connectivity index (χ4v) is 4.95. The van der Waals surface area contributed by atoms with Gasteiger partial charge in [0.25, 0.3) is 0 Å². The summed E-state index contributed by atoms with van der Waals surface area (Å²) >= 11 is 0. The van der Waals surface area contributed by atoms with Crippen LogP contribution in [0.25, 0.3) is 0 Å². The van der Waals surface area contributed by atoms with E-state index in [9.17, 15) is 24.0 Å². The highest BCUT2D eigenvalue weighted by Gasteiger charge is 2.28. The monoisotopic (exact) mass is 748 g/mol. The van der Waals surface area contributed by atoms with Gasteiger partial charge in [0.15, 0.2) is 5.78 Å². The second-order valence-electron chi connectivity index (χ2n) is 16.1. The van der Waals surface area contributed by atoms with Crippen LogP contribution in [0.5, 0.6) is 0 Å². The number of rotatable bonds is 27. The molecule has 0 aliphatic rings. The Morgan fingerprint density at radius 1 is 0.736 bits per heavy atom. The molecule has 0 saturated carbocycles. The molecule has 0 unspecified atom stereocenters. The van der Waals surface area contributed by atoms with Crippen molar-refractivity contribution in [3.63, 3.8) is 0 Å². The Balaban J connectivity index is 2.61. The number of nitrogens with one attached hydrogen (secondary N) is 1. The van der Waals surface area contributed by atoms with E-state index in [2.05, 4.69) is 26.1 Å². The Morgan fingerprint density at radius 2 is 1.28 bits per heavy atom. The Morgan fingerprint density at radius 3 is 1.81 bits per heavy atom. The number of carbonyl (C=O) groups excluding carboxylic acids is 5. The van der Waals surface area contributed by atoms with E-state index in [1.165, 1.54) is 0 Å². The standard InChI is InChI=1S/C41H68N2O10/c1-30(2)35(38(47)42-31(3)36(45)27-32-11-13-33(14-12-32)29-53-39(48)41(7,8)9)28-34(44)15-18-43(19-17-40(4,5)6)37(46)16-20-50-23-24-52-26-25-51-22-21-49-10/h11-14,30-31,35H,15-29H2,1-10H3,(H,42,47)/t31-,35-/m0/s1. The maximum Gasteiger partial charge on any atom is 0.311 e. The van der Waals surface area contributed by atoms with Crippen LogP contribution in [0.4, 0.5) is 0 Å². The Hall–Kier alpha value is -3.19. The van der Waals surface area contributed by atoms with E-state index in [0.717, 1.165) is 17.5 Å². The largest absolute Gasteiger partial charge is 0.460 e. The first-order valence-corrected chi connectivity index (χ1v) is 18.9. The molecule has 1 rings (SSSR count). The van der Waals surface area contributed by atoms with Gasteiger partial charge in [-0.3, -0.25) is 24.0 Å². The predicted octanol–water partition coefficient (Wildman–Crippen LogP) is 5.36. The zero-order valence-electron chi connectivity index (χ0n) is 34.2. The zero-order chi connectivity index (χ0) is 40.0. The van der Waals surface area contributed by atoms with Crippen molar-refractivity contribution in [3.05, 3.63) is 35.4 Å². The van der Waals surface area contributed by atoms with Crippen molar-refractivity contribution < 1.29 is 47.7 Å². The highest BCUT2D eigenvalue weighted by atomic mass is 16.6. The summed E-state index contributed by atoms with van der Waals surface area (Å²) in [5, 5.41) is 2.82. The molecule has 302 valence electrons. The summed E-state index contributed by atoms with van der Waals surface area (Å²) in [7, 11) is 1.62. The molecular formula is C41H68N2O10. The van der Waals surface area contributed by atoms with Gasteiger partial charge in [-0.2, -0.15) is 0 Å². The highest BCUT2D eigenvalue weighted by molar-refractivity contribution is 5.92. The molecule has 0 aliphatic heterocycles. The summed E-state index contributed by atoms with van der Waals surface area (Å²) in [6, 6.07) is 6.51. The quantitative estimate of drug-likeness (QED) is 0.0921. The molecule has 12 nitrogen and oxygen atoms in total. The SMILES string of the molecule is COCCOCCOCCOCCC(=O)N(CCC(=O)C[C@H](C(=O)N[C@@H](C)C(=O)Cc1ccc(COC(=O)C(C)(C)C)cc1)C(C)C)CCC(C)(C)C. The number of Topliss-reactive ketones (excluding diaryl/α,β-unsaturated/α-hetero) is 2. The number of benzene rings is 1. The molecule has 0 heterocycles. The first-order chi connectivity index (χ1) is 24.8. The van der Waals surface area contributed by atoms with Crippen LogP contribution in [-0.4, -0.2) is 107 Å². The number of esters is 1. The molecule has 1 N–H and O–H groups in total. The average Bonchev–Trinajstić information content (AvgIpc) is 3.07. The van der Waals surface area contributed by atoms with Gasteiger partial charge >= 0.3 is 5.97 Å². The van der Waals surface area contributed by atoms with Gasteiger partial charge in [0.1, 0.15) is 12.4 Å². The first-order valence-electron chi connectivity index (χ1n) is 18.9. The van der Waals surface area contributed by atoms with Crippen molar-refractivity contribution in [2.75, 3.05) is 66.4 Å². The van der Waals surface area contributed by atoms with Gasteiger partial charge in [0, 0.05) is 45.4 Å². The van der Waals surface area contributed by atoms with E-state index in [4.69, 9.17) is 23.7 Å². The van der Waals surface area contributed by atoms with Crippen LogP contribution in [-0.2, 0) is 60.7 Å². The molecule has 0 aromatic heterocycles. The zero-order valence-corrected chi connectivity index (χ0v) is 34.2. The normalized spacial score (nSPS) is 13.0. The minimum absolute atomic E-state index is 0.00454. The van der Waals surface area contributed by atoms with E-state index in [0.29, 0.717) is 46.2 Å². The Kier molecular flexibility index (Phi) is 22.6. The second-order valence-corrected chi connectivity index (χ2v) is 16.1.